The van der Waals surface area contributed by atoms with Gasteiger partial charge in [-0.3, -0.25) is 14.5 Å². The maximum atomic E-state index is 10.1. The quantitative estimate of drug-likeness (QED) is 0.500. The molecule has 0 saturated carbocycles. The summed E-state index contributed by atoms with van der Waals surface area (Å²) < 4.78 is 1.88. The van der Waals surface area contributed by atoms with Gasteiger partial charge in [0, 0.05) is 25.3 Å². The predicted octanol–water partition coefficient (Wildman–Crippen LogP) is 4.14. The normalized spacial score (nSPS) is 14.0. The minimum Gasteiger partial charge on any atom is -0.465 e. The number of fused-ring (bicyclic) bond motifs is 1. The van der Waals surface area contributed by atoms with Crippen molar-refractivity contribution in [2.24, 2.45) is 0 Å². The molecule has 4 heterocycles. The van der Waals surface area contributed by atoms with Crippen LogP contribution in [0.25, 0.3) is 16.9 Å². The van der Waals surface area contributed by atoms with Crippen LogP contribution in [-0.2, 0) is 0 Å². The van der Waals surface area contributed by atoms with Crippen molar-refractivity contribution in [3.8, 4) is 5.82 Å². The van der Waals surface area contributed by atoms with E-state index in [9.17, 15) is 4.79 Å². The van der Waals surface area contributed by atoms with E-state index in [1.807, 2.05) is 28.8 Å². The Morgan fingerprint density at radius 3 is 2.56 bits per heavy atom. The number of hydrogen-bond acceptors (Lipinski definition) is 6. The Morgan fingerprint density at radius 2 is 1.84 bits per heavy atom. The second-order valence-corrected chi connectivity index (χ2v) is 7.49. The van der Waals surface area contributed by atoms with Gasteiger partial charge in [0.1, 0.15) is 12.1 Å². The number of nitrogens with one attached hydrogen (secondary N) is 1. The lowest BCUT2D eigenvalue weighted by molar-refractivity contribution is 0.156. The molecule has 9 nitrogen and oxygen atoms in total. The number of carbonyl (C=O) groups is 1. The molecule has 1 saturated heterocycles. The van der Waals surface area contributed by atoms with Gasteiger partial charge in [-0.1, -0.05) is 30.3 Å². The molecular formula is C23H25N7O2. The van der Waals surface area contributed by atoms with Gasteiger partial charge in [-0.15, -0.1) is 0 Å². The monoisotopic (exact) mass is 431 g/mol. The summed E-state index contributed by atoms with van der Waals surface area (Å²) in [6.45, 7) is 3.56. The minimum absolute atomic E-state index is 0.136. The van der Waals surface area contributed by atoms with E-state index in [1.54, 1.807) is 31.1 Å². The molecule has 9 heteroatoms. The average molecular weight is 432 g/mol. The van der Waals surface area contributed by atoms with Crippen LogP contribution in [0.3, 0.4) is 0 Å². The second kappa shape index (κ2) is 9.86. The maximum Gasteiger partial charge on any atom is 0.407 e. The number of nitrogens with zero attached hydrogens (tertiary/aromatic N) is 6. The Labute approximate surface area is 185 Å². The van der Waals surface area contributed by atoms with Gasteiger partial charge in [-0.25, -0.2) is 14.8 Å². The van der Waals surface area contributed by atoms with Gasteiger partial charge >= 0.3 is 6.09 Å². The molecular weight excluding hydrogens is 406 g/mol. The van der Waals surface area contributed by atoms with Gasteiger partial charge in [-0.05, 0) is 31.4 Å². The number of hydrogen-bond donors (Lipinski definition) is 2. The van der Waals surface area contributed by atoms with E-state index in [1.165, 1.54) is 10.5 Å². The number of amides is 1. The third kappa shape index (κ3) is 5.00. The van der Waals surface area contributed by atoms with Crippen LogP contribution >= 0.6 is 0 Å². The molecule has 2 N–H and O–H groups in total. The van der Waals surface area contributed by atoms with Gasteiger partial charge in [0.2, 0.25) is 0 Å². The van der Waals surface area contributed by atoms with Gasteiger partial charge in [-0.2, -0.15) is 0 Å². The highest BCUT2D eigenvalue weighted by molar-refractivity contribution is 5.75. The summed E-state index contributed by atoms with van der Waals surface area (Å²) in [7, 11) is 0. The molecule has 1 aliphatic rings. The van der Waals surface area contributed by atoms with Crippen molar-refractivity contribution in [1.82, 2.24) is 29.4 Å². The first-order valence-electron chi connectivity index (χ1n) is 10.5. The number of benzene rings is 1. The van der Waals surface area contributed by atoms with Crippen LogP contribution in [0.15, 0.2) is 67.5 Å². The Hall–Kier alpha value is -4.01. The molecule has 0 radical (unpaired) electrons. The van der Waals surface area contributed by atoms with Gasteiger partial charge in [0.05, 0.1) is 29.6 Å². The highest BCUT2D eigenvalue weighted by Gasteiger charge is 2.15. The number of rotatable bonds is 4. The largest absolute Gasteiger partial charge is 0.465 e. The van der Waals surface area contributed by atoms with E-state index in [4.69, 9.17) is 5.11 Å². The SMILES string of the molecule is C[C@H](Nc1cncc(-n2cnc3ccncc32)n1)c1ccccc1.O=C(O)N1CCCC1. The van der Waals surface area contributed by atoms with Gasteiger partial charge in [0.25, 0.3) is 0 Å². The molecule has 1 atom stereocenters. The van der Waals surface area contributed by atoms with E-state index >= 15 is 0 Å². The highest BCUT2D eigenvalue weighted by Crippen LogP contribution is 2.19. The molecule has 164 valence electrons. The van der Waals surface area contributed by atoms with Gasteiger partial charge < -0.3 is 15.3 Å². The van der Waals surface area contributed by atoms with Crippen molar-refractivity contribution in [2.45, 2.75) is 25.8 Å². The summed E-state index contributed by atoms with van der Waals surface area (Å²) in [5.74, 6) is 1.42. The first-order valence-corrected chi connectivity index (χ1v) is 10.5. The summed E-state index contributed by atoms with van der Waals surface area (Å²) in [6.07, 6.45) is 9.97. The Balaban J connectivity index is 0.000000260. The summed E-state index contributed by atoms with van der Waals surface area (Å²) in [6, 6.07) is 12.2. The van der Waals surface area contributed by atoms with Crippen molar-refractivity contribution in [1.29, 1.82) is 0 Å². The molecule has 0 aliphatic carbocycles. The third-order valence-corrected chi connectivity index (χ3v) is 5.26. The number of carboxylic acid groups (broad SMARTS) is 1. The molecule has 4 aromatic rings. The van der Waals surface area contributed by atoms with Crippen molar-refractivity contribution in [3.63, 3.8) is 0 Å². The molecule has 0 unspecified atom stereocenters. The van der Waals surface area contributed by atoms with Crippen LogP contribution in [-0.4, -0.2) is 53.7 Å². The number of anilines is 1. The van der Waals surface area contributed by atoms with E-state index in [0.29, 0.717) is 5.82 Å². The van der Waals surface area contributed by atoms with E-state index in [0.717, 1.165) is 42.8 Å². The Bertz CT molecular complexity index is 1170. The molecule has 0 spiro atoms. The summed E-state index contributed by atoms with van der Waals surface area (Å²) >= 11 is 0. The van der Waals surface area contributed by atoms with E-state index in [2.05, 4.69) is 44.3 Å². The number of likely N-dealkylation sites (tertiary alicyclic amines) is 1. The fourth-order valence-corrected chi connectivity index (χ4v) is 3.53. The van der Waals surface area contributed by atoms with Crippen LogP contribution in [0.4, 0.5) is 10.6 Å². The number of aromatic nitrogens is 5. The molecule has 1 aliphatic heterocycles. The average Bonchev–Trinajstić information content (AvgIpc) is 3.51. The first kappa shape index (κ1) is 21.2. The molecule has 5 rings (SSSR count). The van der Waals surface area contributed by atoms with Crippen LogP contribution in [0.5, 0.6) is 0 Å². The molecule has 0 bridgehead atoms. The van der Waals surface area contributed by atoms with Crippen LogP contribution in [0.1, 0.15) is 31.4 Å². The highest BCUT2D eigenvalue weighted by atomic mass is 16.4. The lowest BCUT2D eigenvalue weighted by atomic mass is 10.1. The van der Waals surface area contributed by atoms with E-state index in [-0.39, 0.29) is 6.04 Å². The second-order valence-electron chi connectivity index (χ2n) is 7.49. The minimum atomic E-state index is -0.775. The van der Waals surface area contributed by atoms with Crippen molar-refractivity contribution < 1.29 is 9.90 Å². The standard InChI is InChI=1S/C18H16N6.C5H9NO2/c1-13(14-5-3-2-4-6-14)22-17-10-20-11-18(23-17)24-12-21-15-7-8-19-9-16(15)24;7-5(8)6-3-1-2-4-6/h2-13H,1H3,(H,22,23);1-4H2,(H,7,8)/t13-;/m0./s1. The van der Waals surface area contributed by atoms with Crippen LogP contribution in [0.2, 0.25) is 0 Å². The smallest absolute Gasteiger partial charge is 0.407 e. The van der Waals surface area contributed by atoms with Crippen molar-refractivity contribution >= 4 is 22.9 Å². The fourth-order valence-electron chi connectivity index (χ4n) is 3.53. The number of pyridine rings is 1. The van der Waals surface area contributed by atoms with E-state index < -0.39 is 6.09 Å². The predicted molar refractivity (Wildman–Crippen MR) is 122 cm³/mol. The van der Waals surface area contributed by atoms with Gasteiger partial charge in [0.15, 0.2) is 5.82 Å². The summed E-state index contributed by atoms with van der Waals surface area (Å²) in [5, 5.41) is 11.7. The Kier molecular flexibility index (Phi) is 6.54. The van der Waals surface area contributed by atoms with Crippen LogP contribution in [0, 0.1) is 0 Å². The van der Waals surface area contributed by atoms with Crippen molar-refractivity contribution in [2.75, 3.05) is 18.4 Å². The fraction of sp³-hybridized carbons (Fsp3) is 0.261. The summed E-state index contributed by atoms with van der Waals surface area (Å²) in [4.78, 5) is 29.0. The molecule has 3 aromatic heterocycles. The molecule has 1 amide bonds. The molecule has 1 aromatic carbocycles. The zero-order valence-electron chi connectivity index (χ0n) is 17.8. The lowest BCUT2D eigenvalue weighted by Crippen LogP contribution is -2.25. The first-order chi connectivity index (χ1) is 15.6. The maximum absolute atomic E-state index is 10.1. The topological polar surface area (TPSA) is 109 Å². The Morgan fingerprint density at radius 1 is 1.06 bits per heavy atom. The third-order valence-electron chi connectivity index (χ3n) is 5.26. The van der Waals surface area contributed by atoms with Crippen LogP contribution < -0.4 is 5.32 Å². The molecule has 1 fully saturated rings. The lowest BCUT2D eigenvalue weighted by Gasteiger charge is -2.15. The zero-order chi connectivity index (χ0) is 22.3. The zero-order valence-corrected chi connectivity index (χ0v) is 17.8. The molecule has 32 heavy (non-hydrogen) atoms. The van der Waals surface area contributed by atoms with Crippen molar-refractivity contribution in [3.05, 3.63) is 73.1 Å². The summed E-state index contributed by atoms with van der Waals surface area (Å²) in [5.41, 5.74) is 2.98. The number of imidazole rings is 1.